The fourth-order valence-corrected chi connectivity index (χ4v) is 2.56. The van der Waals surface area contributed by atoms with Gasteiger partial charge in [0.2, 0.25) is 0 Å². The highest BCUT2D eigenvalue weighted by molar-refractivity contribution is 6.42. The van der Waals surface area contributed by atoms with Crippen molar-refractivity contribution >= 4 is 28.8 Å². The van der Waals surface area contributed by atoms with Crippen molar-refractivity contribution in [3.63, 3.8) is 0 Å². The van der Waals surface area contributed by atoms with Gasteiger partial charge in [0.25, 0.3) is 0 Å². The molecule has 0 aliphatic carbocycles. The number of hydrogen-bond donors (Lipinski definition) is 1. The fraction of sp³-hybridized carbons (Fsp3) is 0.200. The zero-order valence-electron chi connectivity index (χ0n) is 11.3. The number of hydrogen-bond acceptors (Lipinski definition) is 3. The van der Waals surface area contributed by atoms with E-state index in [2.05, 4.69) is 15.5 Å². The van der Waals surface area contributed by atoms with Gasteiger partial charge in [-0.1, -0.05) is 41.4 Å². The van der Waals surface area contributed by atoms with E-state index in [1.807, 2.05) is 40.9 Å². The zero-order valence-corrected chi connectivity index (χ0v) is 12.8. The molecular weight excluding hydrogens is 307 g/mol. The van der Waals surface area contributed by atoms with Gasteiger partial charge in [-0.05, 0) is 23.8 Å². The van der Waals surface area contributed by atoms with Crippen LogP contribution in [0.4, 0.5) is 0 Å². The van der Waals surface area contributed by atoms with Gasteiger partial charge in [-0.2, -0.15) is 0 Å². The molecular formula is C15H14Cl2N4. The second-order valence-corrected chi connectivity index (χ2v) is 5.47. The molecule has 0 saturated carbocycles. The minimum atomic E-state index is 0.583. The first kappa shape index (κ1) is 14.3. The van der Waals surface area contributed by atoms with E-state index in [9.17, 15) is 0 Å². The average Bonchev–Trinajstić information content (AvgIpc) is 2.91. The maximum absolute atomic E-state index is 6.15. The Morgan fingerprint density at radius 3 is 2.86 bits per heavy atom. The average molecular weight is 321 g/mol. The third-order valence-corrected chi connectivity index (χ3v) is 4.11. The summed E-state index contributed by atoms with van der Waals surface area (Å²) < 4.78 is 1.99. The number of halogens is 2. The summed E-state index contributed by atoms with van der Waals surface area (Å²) in [6, 6.07) is 11.5. The number of nitrogens with zero attached hydrogens (tertiary/aromatic N) is 3. The van der Waals surface area contributed by atoms with E-state index in [-0.39, 0.29) is 0 Å². The Bertz CT molecular complexity index is 754. The molecule has 0 spiro atoms. The van der Waals surface area contributed by atoms with Gasteiger partial charge in [-0.25, -0.2) is 0 Å². The molecule has 0 fully saturated rings. The van der Waals surface area contributed by atoms with Gasteiger partial charge in [0.1, 0.15) is 5.82 Å². The molecule has 0 saturated heterocycles. The van der Waals surface area contributed by atoms with E-state index in [1.54, 1.807) is 6.07 Å². The second-order valence-electron chi connectivity index (χ2n) is 4.68. The molecule has 0 aliphatic heterocycles. The molecule has 4 nitrogen and oxygen atoms in total. The summed E-state index contributed by atoms with van der Waals surface area (Å²) in [6.45, 7) is 1.47. The lowest BCUT2D eigenvalue weighted by atomic mass is 10.2. The standard InChI is InChI=1S/C15H14Cl2N4/c16-12-5-3-4-11(15(12)17)10-18-8-7-14-20-19-13-6-1-2-9-21(13)14/h1-6,9,18H,7-8,10H2. The monoisotopic (exact) mass is 320 g/mol. The number of rotatable bonds is 5. The Kier molecular flexibility index (Phi) is 4.39. The van der Waals surface area contributed by atoms with Gasteiger partial charge in [0.05, 0.1) is 10.0 Å². The van der Waals surface area contributed by atoms with Crippen LogP contribution in [0.2, 0.25) is 10.0 Å². The van der Waals surface area contributed by atoms with Gasteiger partial charge in [0.15, 0.2) is 5.65 Å². The molecule has 21 heavy (non-hydrogen) atoms. The maximum Gasteiger partial charge on any atom is 0.160 e. The lowest BCUT2D eigenvalue weighted by molar-refractivity contribution is 0.667. The molecule has 0 radical (unpaired) electrons. The van der Waals surface area contributed by atoms with Gasteiger partial charge >= 0.3 is 0 Å². The molecule has 0 atom stereocenters. The summed E-state index contributed by atoms with van der Waals surface area (Å²) in [5.74, 6) is 0.940. The summed E-state index contributed by atoms with van der Waals surface area (Å²) in [5.41, 5.74) is 1.86. The van der Waals surface area contributed by atoms with Crippen molar-refractivity contribution in [2.75, 3.05) is 6.54 Å². The molecule has 2 aromatic heterocycles. The predicted octanol–water partition coefficient (Wildman–Crippen LogP) is 3.37. The third-order valence-electron chi connectivity index (χ3n) is 3.26. The molecule has 2 heterocycles. The normalized spacial score (nSPS) is 11.1. The molecule has 0 bridgehead atoms. The summed E-state index contributed by atoms with van der Waals surface area (Å²) in [5, 5.41) is 12.9. The first-order chi connectivity index (χ1) is 10.3. The molecule has 0 aliphatic rings. The van der Waals surface area contributed by atoms with E-state index < -0.39 is 0 Å². The van der Waals surface area contributed by atoms with Crippen LogP contribution >= 0.6 is 23.2 Å². The van der Waals surface area contributed by atoms with Crippen LogP contribution in [0.25, 0.3) is 5.65 Å². The van der Waals surface area contributed by atoms with Crippen LogP contribution in [-0.4, -0.2) is 21.1 Å². The molecule has 1 aromatic carbocycles. The number of fused-ring (bicyclic) bond motifs is 1. The van der Waals surface area contributed by atoms with Crippen LogP contribution in [-0.2, 0) is 13.0 Å². The van der Waals surface area contributed by atoms with Gasteiger partial charge in [0, 0.05) is 25.7 Å². The van der Waals surface area contributed by atoms with Crippen LogP contribution in [0, 0.1) is 0 Å². The third kappa shape index (κ3) is 3.18. The summed E-state index contributed by atoms with van der Waals surface area (Å²) in [6.07, 6.45) is 2.77. The molecule has 0 unspecified atom stereocenters. The van der Waals surface area contributed by atoms with Crippen LogP contribution in [0.3, 0.4) is 0 Å². The van der Waals surface area contributed by atoms with Crippen LogP contribution in [0.1, 0.15) is 11.4 Å². The van der Waals surface area contributed by atoms with E-state index >= 15 is 0 Å². The smallest absolute Gasteiger partial charge is 0.160 e. The second kappa shape index (κ2) is 6.43. The van der Waals surface area contributed by atoms with Crippen molar-refractivity contribution in [2.24, 2.45) is 0 Å². The molecule has 1 N–H and O–H groups in total. The highest BCUT2D eigenvalue weighted by atomic mass is 35.5. The Morgan fingerprint density at radius 2 is 1.95 bits per heavy atom. The molecule has 0 amide bonds. The number of nitrogens with one attached hydrogen (secondary N) is 1. The predicted molar refractivity (Wildman–Crippen MR) is 84.9 cm³/mol. The highest BCUT2D eigenvalue weighted by Gasteiger charge is 2.06. The molecule has 3 aromatic rings. The first-order valence-electron chi connectivity index (χ1n) is 6.68. The van der Waals surface area contributed by atoms with E-state index in [4.69, 9.17) is 23.2 Å². The van der Waals surface area contributed by atoms with Gasteiger partial charge < -0.3 is 5.32 Å². The zero-order chi connectivity index (χ0) is 14.7. The van der Waals surface area contributed by atoms with Crippen molar-refractivity contribution in [3.8, 4) is 0 Å². The topological polar surface area (TPSA) is 42.2 Å². The molecule has 108 valence electrons. The van der Waals surface area contributed by atoms with Gasteiger partial charge in [-0.3, -0.25) is 4.40 Å². The van der Waals surface area contributed by atoms with Crippen molar-refractivity contribution < 1.29 is 0 Å². The van der Waals surface area contributed by atoms with Crippen LogP contribution < -0.4 is 5.32 Å². The lowest BCUT2D eigenvalue weighted by Gasteiger charge is -2.07. The Hall–Kier alpha value is -1.62. The maximum atomic E-state index is 6.15. The number of aromatic nitrogens is 3. The van der Waals surface area contributed by atoms with Crippen molar-refractivity contribution in [3.05, 3.63) is 64.0 Å². The number of benzene rings is 1. The Morgan fingerprint density at radius 1 is 1.05 bits per heavy atom. The summed E-state index contributed by atoms with van der Waals surface area (Å²) in [7, 11) is 0. The minimum absolute atomic E-state index is 0.583. The largest absolute Gasteiger partial charge is 0.312 e. The number of pyridine rings is 1. The van der Waals surface area contributed by atoms with Crippen molar-refractivity contribution in [1.29, 1.82) is 0 Å². The Balaban J connectivity index is 1.58. The summed E-state index contributed by atoms with van der Waals surface area (Å²) in [4.78, 5) is 0. The highest BCUT2D eigenvalue weighted by Crippen LogP contribution is 2.25. The van der Waals surface area contributed by atoms with E-state index in [0.717, 1.165) is 30.0 Å². The van der Waals surface area contributed by atoms with Crippen molar-refractivity contribution in [1.82, 2.24) is 19.9 Å². The summed E-state index contributed by atoms with van der Waals surface area (Å²) >= 11 is 12.1. The van der Waals surface area contributed by atoms with E-state index in [0.29, 0.717) is 16.6 Å². The van der Waals surface area contributed by atoms with Crippen LogP contribution in [0.5, 0.6) is 0 Å². The molecule has 6 heteroatoms. The first-order valence-corrected chi connectivity index (χ1v) is 7.43. The lowest BCUT2D eigenvalue weighted by Crippen LogP contribution is -2.18. The van der Waals surface area contributed by atoms with E-state index in [1.165, 1.54) is 0 Å². The quantitative estimate of drug-likeness (QED) is 0.733. The van der Waals surface area contributed by atoms with Gasteiger partial charge in [-0.15, -0.1) is 10.2 Å². The Labute approximate surface area is 132 Å². The minimum Gasteiger partial charge on any atom is -0.312 e. The van der Waals surface area contributed by atoms with Crippen molar-refractivity contribution in [2.45, 2.75) is 13.0 Å². The van der Waals surface area contributed by atoms with Crippen LogP contribution in [0.15, 0.2) is 42.6 Å². The fourth-order valence-electron chi connectivity index (χ4n) is 2.17. The SMILES string of the molecule is Clc1cccc(CNCCc2nnc3ccccn23)c1Cl. The molecule has 3 rings (SSSR count).